The van der Waals surface area contributed by atoms with E-state index in [0.717, 1.165) is 57.5 Å². The zero-order valence-corrected chi connectivity index (χ0v) is 32.7. The van der Waals surface area contributed by atoms with Crippen LogP contribution in [0.4, 0.5) is 0 Å². The Bertz CT molecular complexity index is 2080. The lowest BCUT2D eigenvalue weighted by Crippen LogP contribution is -2.41. The normalized spacial score (nSPS) is 23.1. The number of esters is 1. The van der Waals surface area contributed by atoms with Crippen molar-refractivity contribution >= 4 is 34.8 Å². The van der Waals surface area contributed by atoms with Gasteiger partial charge in [0, 0.05) is 80.8 Å². The zero-order valence-electron chi connectivity index (χ0n) is 32.7. The van der Waals surface area contributed by atoms with Crippen LogP contribution in [0.5, 0.6) is 0 Å². The van der Waals surface area contributed by atoms with Crippen molar-refractivity contribution in [1.29, 1.82) is 0 Å². The van der Waals surface area contributed by atoms with E-state index < -0.39 is 17.3 Å². The molecule has 8 nitrogen and oxygen atoms in total. The molecule has 54 heavy (non-hydrogen) atoms. The Kier molecular flexibility index (Phi) is 12.0. The van der Waals surface area contributed by atoms with Crippen LogP contribution in [0, 0.1) is 62.2 Å². The Hall–Kier alpha value is -5.47. The van der Waals surface area contributed by atoms with E-state index in [0.29, 0.717) is 50.0 Å². The molecule has 0 bridgehead atoms. The van der Waals surface area contributed by atoms with Gasteiger partial charge in [0.2, 0.25) is 5.91 Å². The molecule has 2 aliphatic carbocycles. The quantitative estimate of drug-likeness (QED) is 0.202. The van der Waals surface area contributed by atoms with Gasteiger partial charge in [0.25, 0.3) is 0 Å². The third-order valence-electron chi connectivity index (χ3n) is 10.9. The highest BCUT2D eigenvalue weighted by atomic mass is 16.5. The summed E-state index contributed by atoms with van der Waals surface area (Å²) >= 11 is 0. The van der Waals surface area contributed by atoms with Gasteiger partial charge in [-0.05, 0) is 118 Å². The van der Waals surface area contributed by atoms with Gasteiger partial charge in [0.1, 0.15) is 23.2 Å². The molecule has 280 valence electrons. The van der Waals surface area contributed by atoms with Crippen LogP contribution in [0.15, 0.2) is 54.6 Å². The highest BCUT2D eigenvalue weighted by Crippen LogP contribution is 2.48. The number of nitrogens with zero attached hydrogens (tertiary/aromatic N) is 1. The second-order valence-corrected chi connectivity index (χ2v) is 15.2. The first-order valence-corrected chi connectivity index (χ1v) is 18.6. The molecule has 4 aliphatic rings. The number of Topliss-reactive ketones (excluding diaryl/α,β-unsaturated/α-hetero) is 3. The van der Waals surface area contributed by atoms with Crippen molar-refractivity contribution < 1.29 is 28.7 Å². The monoisotopic (exact) mass is 726 g/mol. The number of nitrogens with one attached hydrogen (secondary N) is 1. The lowest BCUT2D eigenvalue weighted by molar-refractivity contribution is -0.138. The molecule has 1 fully saturated rings. The molecule has 1 amide bonds. The van der Waals surface area contributed by atoms with Crippen molar-refractivity contribution in [2.24, 2.45) is 10.8 Å². The standard InChI is InChI=1S/C25H27NO4.C21H23NO2/c1-6-7-20-12-16(2)23(17(3)13-20)24-21(29)14-25(15-22(24)30-19(5)28)8-10-26(11-9-25)18(4)27;1-4-5-16-10-14(2)19(15(3)11-16)20-17(23)12-21(13-18(20)24)6-8-22-9-7-21/h8,10,12-13H,9,11,14-15H2,1-5H3;6,8,10-11,20,22H,7,9,12-13H2,1-3H3. The number of carbonyl (C=O) groups is 5. The molecule has 1 saturated carbocycles. The predicted octanol–water partition coefficient (Wildman–Crippen LogP) is 7.25. The van der Waals surface area contributed by atoms with Crippen molar-refractivity contribution in [2.75, 3.05) is 13.1 Å². The van der Waals surface area contributed by atoms with Crippen molar-refractivity contribution in [1.82, 2.24) is 10.2 Å². The first kappa shape index (κ1) is 39.7. The Morgan fingerprint density at radius 2 is 1.33 bits per heavy atom. The topological polar surface area (TPSA) is 110 Å². The highest BCUT2D eigenvalue weighted by Gasteiger charge is 2.46. The number of hydrogen-bond acceptors (Lipinski definition) is 7. The van der Waals surface area contributed by atoms with Crippen LogP contribution in [0.2, 0.25) is 0 Å². The minimum atomic E-state index is -0.609. The fraction of sp³-hybridized carbons (Fsp3) is 0.413. The maximum absolute atomic E-state index is 13.4. The fourth-order valence-electron chi connectivity index (χ4n) is 8.58. The number of carbonyl (C=O) groups excluding carboxylic acids is 5. The molecule has 1 atom stereocenters. The lowest BCUT2D eigenvalue weighted by atomic mass is 9.64. The smallest absolute Gasteiger partial charge is 0.307 e. The van der Waals surface area contributed by atoms with Crippen LogP contribution in [-0.4, -0.2) is 47.2 Å². The van der Waals surface area contributed by atoms with Gasteiger partial charge in [-0.25, -0.2) is 0 Å². The number of aryl methyl sites for hydroxylation is 4. The molecular weight excluding hydrogens is 677 g/mol. The summed E-state index contributed by atoms with van der Waals surface area (Å²) in [6.45, 7) is 15.7. The van der Waals surface area contributed by atoms with Gasteiger partial charge in [0.05, 0.1) is 5.57 Å². The second-order valence-electron chi connectivity index (χ2n) is 15.2. The summed E-state index contributed by atoms with van der Waals surface area (Å²) in [7, 11) is 0. The van der Waals surface area contributed by atoms with Gasteiger partial charge in [-0.3, -0.25) is 24.0 Å². The average Bonchev–Trinajstić information content (AvgIpc) is 3.07. The van der Waals surface area contributed by atoms with E-state index in [1.165, 1.54) is 13.8 Å². The molecule has 0 aromatic heterocycles. The van der Waals surface area contributed by atoms with Gasteiger partial charge in [-0.15, -0.1) is 11.8 Å². The first-order chi connectivity index (χ1) is 25.6. The third-order valence-corrected chi connectivity index (χ3v) is 10.9. The molecule has 1 unspecified atom stereocenters. The highest BCUT2D eigenvalue weighted by molar-refractivity contribution is 6.23. The van der Waals surface area contributed by atoms with Crippen LogP contribution in [0.3, 0.4) is 0 Å². The number of amides is 1. The molecule has 2 aromatic carbocycles. The first-order valence-electron chi connectivity index (χ1n) is 18.6. The summed E-state index contributed by atoms with van der Waals surface area (Å²) in [5.41, 5.74) is 7.14. The Morgan fingerprint density at radius 3 is 1.80 bits per heavy atom. The van der Waals surface area contributed by atoms with Crippen molar-refractivity contribution in [2.45, 2.75) is 99.8 Å². The summed E-state index contributed by atoms with van der Waals surface area (Å²) in [6, 6.07) is 7.88. The van der Waals surface area contributed by atoms with Gasteiger partial charge in [-0.2, -0.15) is 0 Å². The van der Waals surface area contributed by atoms with Gasteiger partial charge in [0.15, 0.2) is 5.78 Å². The predicted molar refractivity (Wildman–Crippen MR) is 210 cm³/mol. The lowest BCUT2D eigenvalue weighted by Gasteiger charge is -2.40. The molecule has 1 N–H and O–H groups in total. The SMILES string of the molecule is CC#Cc1cc(C)c(C2=C(OC(C)=O)CC3(C=CN(C(C)=O)CC3)CC2=O)c(C)c1.CC#Cc1cc(C)c(C2C(=O)CC3(C=CNCC3)CC2=O)c(C)c1. The van der Waals surface area contributed by atoms with E-state index in [1.807, 2.05) is 70.3 Å². The fourth-order valence-corrected chi connectivity index (χ4v) is 8.58. The molecule has 0 saturated heterocycles. The van der Waals surface area contributed by atoms with Crippen LogP contribution in [-0.2, 0) is 28.7 Å². The second kappa shape index (κ2) is 16.3. The van der Waals surface area contributed by atoms with Gasteiger partial charge < -0.3 is 15.0 Å². The third kappa shape index (κ3) is 8.50. The Morgan fingerprint density at radius 1 is 0.778 bits per heavy atom. The Balaban J connectivity index is 0.000000213. The summed E-state index contributed by atoms with van der Waals surface area (Å²) in [6.07, 6.45) is 10.8. The van der Waals surface area contributed by atoms with Crippen molar-refractivity contribution in [3.8, 4) is 23.7 Å². The maximum atomic E-state index is 13.4. The van der Waals surface area contributed by atoms with E-state index in [-0.39, 0.29) is 28.7 Å². The summed E-state index contributed by atoms with van der Waals surface area (Å²) in [5, 5.41) is 3.15. The number of ketones is 3. The molecular formula is C46H50N2O6. The van der Waals surface area contributed by atoms with E-state index in [2.05, 4.69) is 29.0 Å². The molecule has 2 heterocycles. The molecule has 2 aliphatic heterocycles. The number of benzene rings is 2. The summed E-state index contributed by atoms with van der Waals surface area (Å²) in [5.74, 6) is 11.3. The molecule has 0 radical (unpaired) electrons. The molecule has 2 spiro atoms. The van der Waals surface area contributed by atoms with Gasteiger partial charge in [-0.1, -0.05) is 24.0 Å². The van der Waals surface area contributed by atoms with Crippen molar-refractivity contribution in [3.05, 3.63) is 99.1 Å². The van der Waals surface area contributed by atoms with Crippen LogP contribution >= 0.6 is 0 Å². The summed E-state index contributed by atoms with van der Waals surface area (Å²) in [4.78, 5) is 64.3. The molecule has 6 rings (SSSR count). The number of ether oxygens (including phenoxy) is 1. The van der Waals surface area contributed by atoms with E-state index in [9.17, 15) is 24.0 Å². The Labute approximate surface area is 319 Å². The van der Waals surface area contributed by atoms with Crippen LogP contribution in [0.1, 0.15) is 117 Å². The number of hydrogen-bond donors (Lipinski definition) is 1. The largest absolute Gasteiger partial charge is 0.430 e. The molecule has 2 aromatic rings. The maximum Gasteiger partial charge on any atom is 0.307 e. The van der Waals surface area contributed by atoms with E-state index in [4.69, 9.17) is 4.74 Å². The van der Waals surface area contributed by atoms with Gasteiger partial charge >= 0.3 is 5.97 Å². The minimum Gasteiger partial charge on any atom is -0.430 e. The summed E-state index contributed by atoms with van der Waals surface area (Å²) < 4.78 is 5.60. The molecule has 8 heteroatoms. The van der Waals surface area contributed by atoms with E-state index >= 15 is 0 Å². The van der Waals surface area contributed by atoms with Crippen molar-refractivity contribution in [3.63, 3.8) is 0 Å². The zero-order chi connectivity index (χ0) is 39.4. The number of rotatable bonds is 3. The van der Waals surface area contributed by atoms with Crippen LogP contribution in [0.25, 0.3) is 5.57 Å². The van der Waals surface area contributed by atoms with Crippen LogP contribution < -0.4 is 5.32 Å². The van der Waals surface area contributed by atoms with E-state index in [1.54, 1.807) is 24.9 Å². The average molecular weight is 727 g/mol. The minimum absolute atomic E-state index is 0.0267. The number of allylic oxidation sites excluding steroid dienone is 4.